The van der Waals surface area contributed by atoms with Crippen LogP contribution in [0.2, 0.25) is 0 Å². The van der Waals surface area contributed by atoms with E-state index < -0.39 is 0 Å². The van der Waals surface area contributed by atoms with E-state index in [1.165, 1.54) is 0 Å². The highest BCUT2D eigenvalue weighted by Crippen LogP contribution is 2.22. The van der Waals surface area contributed by atoms with Crippen molar-refractivity contribution in [3.63, 3.8) is 0 Å². The molecule has 0 aliphatic carbocycles. The third-order valence-corrected chi connectivity index (χ3v) is 5.96. The highest BCUT2D eigenvalue weighted by atomic mass is 79.9. The zero-order valence-electron chi connectivity index (χ0n) is 17.4. The quantitative estimate of drug-likeness (QED) is 0.563. The van der Waals surface area contributed by atoms with Crippen LogP contribution in [-0.2, 0) is 6.54 Å². The molecule has 1 aliphatic rings. The monoisotopic (exact) mass is 477 g/mol. The van der Waals surface area contributed by atoms with Gasteiger partial charge in [0.25, 0.3) is 11.8 Å². The summed E-state index contributed by atoms with van der Waals surface area (Å²) in [6, 6.07) is 19.1. The minimum Gasteiger partial charge on any atom is -0.348 e. The fourth-order valence-electron chi connectivity index (χ4n) is 3.80. The Morgan fingerprint density at radius 1 is 1.03 bits per heavy atom. The van der Waals surface area contributed by atoms with Gasteiger partial charge in [-0.2, -0.15) is 0 Å². The van der Waals surface area contributed by atoms with Gasteiger partial charge in [-0.3, -0.25) is 14.6 Å². The van der Waals surface area contributed by atoms with Crippen molar-refractivity contribution in [3.05, 3.63) is 87.5 Å². The molecule has 31 heavy (non-hydrogen) atoms. The van der Waals surface area contributed by atoms with Crippen LogP contribution in [0.15, 0.2) is 65.1 Å². The van der Waals surface area contributed by atoms with Crippen molar-refractivity contribution in [3.8, 4) is 11.3 Å². The second-order valence-electron chi connectivity index (χ2n) is 7.72. The first-order chi connectivity index (χ1) is 15.0. The van der Waals surface area contributed by atoms with Crippen molar-refractivity contribution in [2.45, 2.75) is 26.3 Å². The SMILES string of the molecule is Cc1nc(-c2cccc(Br)c2)ccc1C(=O)NCc1cccc(C(=O)N2CCCC2)c1. The van der Waals surface area contributed by atoms with Crippen molar-refractivity contribution in [1.29, 1.82) is 0 Å². The number of carbonyl (C=O) groups is 2. The molecule has 0 saturated carbocycles. The van der Waals surface area contributed by atoms with E-state index >= 15 is 0 Å². The Kier molecular flexibility index (Phi) is 6.47. The molecule has 2 amide bonds. The molecule has 1 saturated heterocycles. The molecule has 1 aromatic heterocycles. The van der Waals surface area contributed by atoms with Crippen LogP contribution < -0.4 is 5.32 Å². The summed E-state index contributed by atoms with van der Waals surface area (Å²) in [5.74, 6) is -0.115. The van der Waals surface area contributed by atoms with E-state index in [0.717, 1.165) is 47.2 Å². The second-order valence-corrected chi connectivity index (χ2v) is 8.64. The fraction of sp³-hybridized carbons (Fsp3) is 0.240. The van der Waals surface area contributed by atoms with Crippen LogP contribution in [0.25, 0.3) is 11.3 Å². The zero-order chi connectivity index (χ0) is 21.8. The van der Waals surface area contributed by atoms with Gasteiger partial charge in [-0.25, -0.2) is 0 Å². The van der Waals surface area contributed by atoms with E-state index in [9.17, 15) is 9.59 Å². The number of hydrogen-bond acceptors (Lipinski definition) is 3. The number of amides is 2. The highest BCUT2D eigenvalue weighted by Gasteiger charge is 2.19. The third kappa shape index (κ3) is 5.02. The molecule has 0 spiro atoms. The van der Waals surface area contributed by atoms with Crippen LogP contribution in [0, 0.1) is 6.92 Å². The molecule has 2 aromatic carbocycles. The number of halogens is 1. The number of rotatable bonds is 5. The lowest BCUT2D eigenvalue weighted by Crippen LogP contribution is -2.28. The summed E-state index contributed by atoms with van der Waals surface area (Å²) in [6.45, 7) is 3.84. The summed E-state index contributed by atoms with van der Waals surface area (Å²) in [4.78, 5) is 31.8. The average molecular weight is 478 g/mol. The topological polar surface area (TPSA) is 62.3 Å². The lowest BCUT2D eigenvalue weighted by atomic mass is 10.1. The molecule has 5 nitrogen and oxygen atoms in total. The number of nitrogens with one attached hydrogen (secondary N) is 1. The molecule has 0 bridgehead atoms. The van der Waals surface area contributed by atoms with Crippen molar-refractivity contribution in [2.24, 2.45) is 0 Å². The van der Waals surface area contributed by atoms with Gasteiger partial charge in [0.05, 0.1) is 17.0 Å². The van der Waals surface area contributed by atoms with Crippen molar-refractivity contribution >= 4 is 27.7 Å². The van der Waals surface area contributed by atoms with Gasteiger partial charge in [0.2, 0.25) is 0 Å². The van der Waals surface area contributed by atoms with Crippen LogP contribution >= 0.6 is 15.9 Å². The highest BCUT2D eigenvalue weighted by molar-refractivity contribution is 9.10. The van der Waals surface area contributed by atoms with Gasteiger partial charge in [0.1, 0.15) is 0 Å². The maximum absolute atomic E-state index is 12.7. The first-order valence-electron chi connectivity index (χ1n) is 10.4. The van der Waals surface area contributed by atoms with E-state index in [2.05, 4.69) is 26.2 Å². The second kappa shape index (κ2) is 9.43. The van der Waals surface area contributed by atoms with E-state index in [0.29, 0.717) is 23.4 Å². The summed E-state index contributed by atoms with van der Waals surface area (Å²) in [7, 11) is 0. The van der Waals surface area contributed by atoms with Crippen molar-refractivity contribution < 1.29 is 9.59 Å². The average Bonchev–Trinajstić information content (AvgIpc) is 3.32. The van der Waals surface area contributed by atoms with Crippen LogP contribution in [0.4, 0.5) is 0 Å². The molecule has 4 rings (SSSR count). The van der Waals surface area contributed by atoms with Gasteiger partial charge in [-0.15, -0.1) is 0 Å². The van der Waals surface area contributed by atoms with Crippen LogP contribution in [0.5, 0.6) is 0 Å². The van der Waals surface area contributed by atoms with Crippen molar-refractivity contribution in [2.75, 3.05) is 13.1 Å². The van der Waals surface area contributed by atoms with E-state index in [1.54, 1.807) is 6.07 Å². The standard InChI is InChI=1S/C25H24BrN3O2/c1-17-22(10-11-23(28-17)19-7-5-9-21(26)15-19)24(30)27-16-18-6-4-8-20(14-18)25(31)29-12-2-3-13-29/h4-11,14-15H,2-3,12-13,16H2,1H3,(H,27,30). The molecule has 3 aromatic rings. The molecule has 1 N–H and O–H groups in total. The van der Waals surface area contributed by atoms with Crippen LogP contribution in [0.3, 0.4) is 0 Å². The minimum absolute atomic E-state index is 0.0638. The molecule has 158 valence electrons. The van der Waals surface area contributed by atoms with Crippen LogP contribution in [0.1, 0.15) is 44.8 Å². The Morgan fingerprint density at radius 2 is 1.81 bits per heavy atom. The Bertz CT molecular complexity index is 1120. The summed E-state index contributed by atoms with van der Waals surface area (Å²) in [6.07, 6.45) is 2.13. The molecule has 0 unspecified atom stereocenters. The Morgan fingerprint density at radius 3 is 2.55 bits per heavy atom. The molecule has 0 radical (unpaired) electrons. The van der Waals surface area contributed by atoms with Gasteiger partial charge in [-0.1, -0.05) is 40.2 Å². The predicted molar refractivity (Wildman–Crippen MR) is 125 cm³/mol. The Hall–Kier alpha value is -2.99. The Balaban J connectivity index is 1.43. The fourth-order valence-corrected chi connectivity index (χ4v) is 4.20. The largest absolute Gasteiger partial charge is 0.348 e. The zero-order valence-corrected chi connectivity index (χ0v) is 19.0. The molecular weight excluding hydrogens is 454 g/mol. The minimum atomic E-state index is -0.179. The van der Waals surface area contributed by atoms with Gasteiger partial charge in [0.15, 0.2) is 0 Å². The number of nitrogens with zero attached hydrogens (tertiary/aromatic N) is 2. The van der Waals surface area contributed by atoms with E-state index in [-0.39, 0.29) is 11.8 Å². The summed E-state index contributed by atoms with van der Waals surface area (Å²) < 4.78 is 0.983. The van der Waals surface area contributed by atoms with Gasteiger partial charge < -0.3 is 10.2 Å². The molecule has 1 aliphatic heterocycles. The third-order valence-electron chi connectivity index (χ3n) is 5.47. The number of likely N-dealkylation sites (tertiary alicyclic amines) is 1. The van der Waals surface area contributed by atoms with E-state index in [1.807, 2.05) is 66.4 Å². The lowest BCUT2D eigenvalue weighted by molar-refractivity contribution is 0.0792. The van der Waals surface area contributed by atoms with Gasteiger partial charge in [0, 0.05) is 35.2 Å². The summed E-state index contributed by atoms with van der Waals surface area (Å²) in [5, 5.41) is 2.95. The first-order valence-corrected chi connectivity index (χ1v) is 11.2. The van der Waals surface area contributed by atoms with Gasteiger partial charge >= 0.3 is 0 Å². The predicted octanol–water partition coefficient (Wildman–Crippen LogP) is 4.99. The number of carbonyl (C=O) groups excluding carboxylic acids is 2. The maximum atomic E-state index is 12.7. The molecule has 1 fully saturated rings. The molecule has 6 heteroatoms. The normalized spacial score (nSPS) is 13.3. The summed E-state index contributed by atoms with van der Waals surface area (Å²) >= 11 is 3.48. The lowest BCUT2D eigenvalue weighted by Gasteiger charge is -2.16. The number of aryl methyl sites for hydroxylation is 1. The maximum Gasteiger partial charge on any atom is 0.253 e. The number of hydrogen-bond donors (Lipinski definition) is 1. The number of aromatic nitrogens is 1. The summed E-state index contributed by atoms with van der Waals surface area (Å²) in [5.41, 5.74) is 4.60. The smallest absolute Gasteiger partial charge is 0.253 e. The van der Waals surface area contributed by atoms with Gasteiger partial charge in [-0.05, 0) is 61.7 Å². The van der Waals surface area contributed by atoms with Crippen molar-refractivity contribution in [1.82, 2.24) is 15.2 Å². The number of pyridine rings is 1. The number of benzene rings is 2. The van der Waals surface area contributed by atoms with Crippen LogP contribution in [-0.4, -0.2) is 34.8 Å². The molecule has 0 atom stereocenters. The molecular formula is C25H24BrN3O2. The first kappa shape index (κ1) is 21.2. The molecule has 2 heterocycles. The Labute approximate surface area is 190 Å². The van der Waals surface area contributed by atoms with E-state index in [4.69, 9.17) is 0 Å².